The van der Waals surface area contributed by atoms with E-state index in [0.29, 0.717) is 39.0 Å². The van der Waals surface area contributed by atoms with E-state index in [1.807, 2.05) is 12.1 Å². The maximum atomic E-state index is 13.8. The zero-order chi connectivity index (χ0) is 27.7. The molecule has 1 amide bonds. The molecule has 10 heteroatoms. The number of nitrogens with zero attached hydrogens (tertiary/aromatic N) is 1. The highest BCUT2D eigenvalue weighted by Gasteiger charge is 2.48. The van der Waals surface area contributed by atoms with Crippen LogP contribution in [0, 0.1) is 0 Å². The monoisotopic (exact) mass is 546 g/mol. The molecule has 2 N–H and O–H groups in total. The van der Waals surface area contributed by atoms with E-state index < -0.39 is 23.5 Å². The molecule has 0 radical (unpaired) electrons. The number of fused-ring (bicyclic) bond motifs is 1. The zero-order valence-corrected chi connectivity index (χ0v) is 22.3. The van der Waals surface area contributed by atoms with Crippen molar-refractivity contribution in [1.82, 2.24) is 10.2 Å². The molecule has 0 saturated carbocycles. The second kappa shape index (κ2) is 10.7. The zero-order valence-electron chi connectivity index (χ0n) is 21.5. The SMILES string of the molecule is CCOC(=O)C1=C(C)NC2S/C(=C\c3ccc(-c4cccc(C(=O)O)c4)o3)C(=O)N2C1c1ccc(OC)cc1. The number of furan rings is 1. The first-order valence-electron chi connectivity index (χ1n) is 12.2. The van der Waals surface area contributed by atoms with Crippen molar-refractivity contribution in [3.8, 4) is 17.1 Å². The molecule has 2 unspecified atom stereocenters. The summed E-state index contributed by atoms with van der Waals surface area (Å²) in [6.07, 6.45) is 1.65. The van der Waals surface area contributed by atoms with E-state index in [2.05, 4.69) is 5.32 Å². The average molecular weight is 547 g/mol. The number of rotatable bonds is 7. The highest BCUT2D eigenvalue weighted by Crippen LogP contribution is 2.46. The number of hydrogen-bond acceptors (Lipinski definition) is 8. The minimum absolute atomic E-state index is 0.151. The number of allylic oxidation sites excluding steroid dienone is 1. The Morgan fingerprint density at radius 1 is 1.15 bits per heavy atom. The normalized spacial score (nSPS) is 19.6. The van der Waals surface area contributed by atoms with Crippen LogP contribution in [-0.4, -0.2) is 47.1 Å². The van der Waals surface area contributed by atoms with Crippen LogP contribution in [0.2, 0.25) is 0 Å². The first kappa shape index (κ1) is 26.2. The number of thioether (sulfide) groups is 1. The summed E-state index contributed by atoms with van der Waals surface area (Å²) in [7, 11) is 1.57. The Kier molecular flexibility index (Phi) is 7.21. The molecule has 1 saturated heterocycles. The first-order chi connectivity index (χ1) is 18.8. The smallest absolute Gasteiger partial charge is 0.338 e. The van der Waals surface area contributed by atoms with E-state index in [0.717, 1.165) is 5.56 Å². The van der Waals surface area contributed by atoms with Crippen molar-refractivity contribution in [2.75, 3.05) is 13.7 Å². The molecule has 0 aliphatic carbocycles. The van der Waals surface area contributed by atoms with Crippen molar-refractivity contribution < 1.29 is 33.4 Å². The van der Waals surface area contributed by atoms with Gasteiger partial charge in [0.2, 0.25) is 0 Å². The predicted octanol–water partition coefficient (Wildman–Crippen LogP) is 5.03. The van der Waals surface area contributed by atoms with E-state index >= 15 is 0 Å². The van der Waals surface area contributed by atoms with Crippen molar-refractivity contribution in [2.45, 2.75) is 25.4 Å². The second-order valence-electron chi connectivity index (χ2n) is 8.86. The van der Waals surface area contributed by atoms with Crippen LogP contribution in [0.1, 0.15) is 41.6 Å². The molecule has 200 valence electrons. The van der Waals surface area contributed by atoms with Gasteiger partial charge in [-0.3, -0.25) is 9.69 Å². The lowest BCUT2D eigenvalue weighted by Gasteiger charge is -2.39. The van der Waals surface area contributed by atoms with Crippen LogP contribution in [0.25, 0.3) is 17.4 Å². The van der Waals surface area contributed by atoms with Gasteiger partial charge in [-0.05, 0) is 55.8 Å². The van der Waals surface area contributed by atoms with Gasteiger partial charge in [-0.25, -0.2) is 9.59 Å². The summed E-state index contributed by atoms with van der Waals surface area (Å²) < 4.78 is 16.6. The molecule has 2 aliphatic heterocycles. The third-order valence-corrected chi connectivity index (χ3v) is 7.57. The standard InChI is InChI=1S/C29H26N2O7S/c1-4-37-28(35)24-16(2)30-29-31(25(24)17-8-10-20(36-3)11-9-17)26(32)23(39-29)15-21-12-13-22(38-21)18-6-5-7-19(14-18)27(33)34/h5-15,25,29-30H,4H2,1-3H3,(H,33,34)/b23-15-. The maximum absolute atomic E-state index is 13.8. The number of esters is 1. The number of nitrogens with one attached hydrogen (secondary N) is 1. The summed E-state index contributed by atoms with van der Waals surface area (Å²) in [4.78, 5) is 40.2. The Morgan fingerprint density at radius 2 is 1.92 bits per heavy atom. The maximum Gasteiger partial charge on any atom is 0.338 e. The van der Waals surface area contributed by atoms with Crippen LogP contribution in [-0.2, 0) is 14.3 Å². The molecule has 1 aromatic heterocycles. The lowest BCUT2D eigenvalue weighted by Crippen LogP contribution is -2.49. The number of hydrogen-bond donors (Lipinski definition) is 2. The fourth-order valence-corrected chi connectivity index (χ4v) is 5.82. The topological polar surface area (TPSA) is 118 Å². The number of carboxylic acid groups (broad SMARTS) is 1. The van der Waals surface area contributed by atoms with Crippen molar-refractivity contribution in [2.24, 2.45) is 0 Å². The van der Waals surface area contributed by atoms with Crippen molar-refractivity contribution >= 4 is 35.7 Å². The van der Waals surface area contributed by atoms with Crippen molar-refractivity contribution in [1.29, 1.82) is 0 Å². The van der Waals surface area contributed by atoms with Crippen LogP contribution in [0.3, 0.4) is 0 Å². The van der Waals surface area contributed by atoms with E-state index in [1.165, 1.54) is 23.9 Å². The molecule has 0 bridgehead atoms. The number of ether oxygens (including phenoxy) is 2. The molecule has 0 spiro atoms. The number of aromatic carboxylic acids is 1. The summed E-state index contributed by atoms with van der Waals surface area (Å²) in [6, 6.07) is 16.5. The number of carbonyl (C=O) groups is 3. The quantitative estimate of drug-likeness (QED) is 0.311. The Balaban J connectivity index is 1.48. The summed E-state index contributed by atoms with van der Waals surface area (Å²) in [5, 5.41) is 12.6. The largest absolute Gasteiger partial charge is 0.497 e. The molecule has 2 aliphatic rings. The molecular weight excluding hydrogens is 520 g/mol. The van der Waals surface area contributed by atoms with Gasteiger partial charge in [0.05, 0.1) is 35.8 Å². The number of amides is 1. The highest BCUT2D eigenvalue weighted by molar-refractivity contribution is 8.05. The number of carboxylic acids is 1. The van der Waals surface area contributed by atoms with Crippen LogP contribution in [0.15, 0.2) is 81.3 Å². The van der Waals surface area contributed by atoms with Gasteiger partial charge in [0.15, 0.2) is 5.50 Å². The molecular formula is C29H26N2O7S. The molecule has 1 fully saturated rings. The number of methoxy groups -OCH3 is 1. The molecule has 2 aromatic carbocycles. The molecule has 9 nitrogen and oxygen atoms in total. The summed E-state index contributed by atoms with van der Waals surface area (Å²) in [5.74, 6) is -0.199. The third kappa shape index (κ3) is 5.03. The summed E-state index contributed by atoms with van der Waals surface area (Å²) in [5.41, 5.74) is 2.07. The third-order valence-electron chi connectivity index (χ3n) is 6.45. The Bertz CT molecular complexity index is 1510. The summed E-state index contributed by atoms with van der Waals surface area (Å²) in [6.45, 7) is 3.75. The minimum atomic E-state index is -1.03. The van der Waals surface area contributed by atoms with Gasteiger partial charge in [0, 0.05) is 17.3 Å². The Labute approximate surface area is 229 Å². The predicted molar refractivity (Wildman–Crippen MR) is 146 cm³/mol. The van der Waals surface area contributed by atoms with Gasteiger partial charge in [-0.15, -0.1) is 0 Å². The van der Waals surface area contributed by atoms with Crippen molar-refractivity contribution in [3.63, 3.8) is 0 Å². The van der Waals surface area contributed by atoms with Crippen molar-refractivity contribution in [3.05, 3.63) is 93.7 Å². The molecule has 5 rings (SSSR count). The van der Waals surface area contributed by atoms with Gasteiger partial charge in [0.25, 0.3) is 5.91 Å². The molecule has 39 heavy (non-hydrogen) atoms. The van der Waals surface area contributed by atoms with Gasteiger partial charge < -0.3 is 24.3 Å². The fraction of sp³-hybridized carbons (Fsp3) is 0.207. The first-order valence-corrected chi connectivity index (χ1v) is 13.1. The van der Waals surface area contributed by atoms with Crippen LogP contribution in [0.4, 0.5) is 0 Å². The highest BCUT2D eigenvalue weighted by atomic mass is 32.2. The second-order valence-corrected chi connectivity index (χ2v) is 9.98. The fourth-order valence-electron chi connectivity index (χ4n) is 4.62. The van der Waals surface area contributed by atoms with E-state index in [1.54, 1.807) is 68.3 Å². The van der Waals surface area contributed by atoms with Crippen LogP contribution < -0.4 is 10.1 Å². The number of carbonyl (C=O) groups excluding carboxylic acids is 2. The van der Waals surface area contributed by atoms with Gasteiger partial charge in [-0.2, -0.15) is 0 Å². The van der Waals surface area contributed by atoms with Gasteiger partial charge >= 0.3 is 11.9 Å². The Morgan fingerprint density at radius 3 is 2.62 bits per heavy atom. The van der Waals surface area contributed by atoms with E-state index in [4.69, 9.17) is 13.9 Å². The minimum Gasteiger partial charge on any atom is -0.497 e. The lowest BCUT2D eigenvalue weighted by atomic mass is 9.93. The molecule has 3 heterocycles. The van der Waals surface area contributed by atoms with Crippen LogP contribution >= 0.6 is 11.8 Å². The average Bonchev–Trinajstić information content (AvgIpc) is 3.52. The molecule has 2 atom stereocenters. The summed E-state index contributed by atoms with van der Waals surface area (Å²) >= 11 is 1.32. The van der Waals surface area contributed by atoms with Gasteiger partial charge in [0.1, 0.15) is 17.3 Å². The van der Waals surface area contributed by atoms with Gasteiger partial charge in [-0.1, -0.05) is 36.0 Å². The molecule has 3 aromatic rings. The number of benzene rings is 2. The lowest BCUT2D eigenvalue weighted by molar-refractivity contribution is -0.140. The Hall–Kier alpha value is -4.44. The van der Waals surface area contributed by atoms with E-state index in [-0.39, 0.29) is 18.1 Å². The van der Waals surface area contributed by atoms with Crippen LogP contribution in [0.5, 0.6) is 5.75 Å². The van der Waals surface area contributed by atoms with E-state index in [9.17, 15) is 19.5 Å².